The Kier molecular flexibility index (Phi) is 5.25. The van der Waals surface area contributed by atoms with Gasteiger partial charge in [-0.05, 0) is 24.1 Å². The van der Waals surface area contributed by atoms with Crippen LogP contribution in [-0.2, 0) is 0 Å². The largest absolute Gasteiger partial charge is 0.491 e. The Hall–Kier alpha value is -1.10. The van der Waals surface area contributed by atoms with Gasteiger partial charge in [0.15, 0.2) is 0 Å². The summed E-state index contributed by atoms with van der Waals surface area (Å²) >= 11 is 0. The molecule has 0 saturated heterocycles. The van der Waals surface area contributed by atoms with Gasteiger partial charge < -0.3 is 20.1 Å². The Morgan fingerprint density at radius 3 is 2.31 bits per heavy atom. The van der Waals surface area contributed by atoms with E-state index in [1.165, 1.54) is 0 Å². The van der Waals surface area contributed by atoms with Crippen molar-refractivity contribution in [1.82, 2.24) is 0 Å². The third-order valence-corrected chi connectivity index (χ3v) is 2.30. The lowest BCUT2D eigenvalue weighted by Gasteiger charge is -2.11. The molecule has 0 bridgehead atoms. The van der Waals surface area contributed by atoms with E-state index < -0.39 is 12.2 Å². The van der Waals surface area contributed by atoms with Crippen molar-refractivity contribution in [2.24, 2.45) is 0 Å². The zero-order valence-corrected chi connectivity index (χ0v) is 9.34. The van der Waals surface area contributed by atoms with Gasteiger partial charge in [0.05, 0.1) is 12.7 Å². The SMILES string of the molecule is CC[C@@H](O)c1ccc(OCC(O)CO)cc1. The molecule has 2 atom stereocenters. The molecular formula is C12H18O4. The molecule has 0 amide bonds. The Labute approximate surface area is 95.1 Å². The lowest BCUT2D eigenvalue weighted by molar-refractivity contribution is 0.0536. The van der Waals surface area contributed by atoms with E-state index in [2.05, 4.69) is 0 Å². The molecule has 16 heavy (non-hydrogen) atoms. The first-order chi connectivity index (χ1) is 7.67. The molecule has 0 aliphatic rings. The van der Waals surface area contributed by atoms with E-state index >= 15 is 0 Å². The Morgan fingerprint density at radius 1 is 1.19 bits per heavy atom. The summed E-state index contributed by atoms with van der Waals surface area (Å²) in [6.45, 7) is 1.66. The standard InChI is InChI=1S/C12H18O4/c1-2-12(15)9-3-5-11(6-4-9)16-8-10(14)7-13/h3-6,10,12-15H,2,7-8H2,1H3/t10?,12-/m1/s1. The van der Waals surface area contributed by atoms with Crippen LogP contribution in [0.25, 0.3) is 0 Å². The van der Waals surface area contributed by atoms with Gasteiger partial charge >= 0.3 is 0 Å². The highest BCUT2D eigenvalue weighted by Crippen LogP contribution is 2.19. The maximum Gasteiger partial charge on any atom is 0.119 e. The van der Waals surface area contributed by atoms with Crippen LogP contribution in [0.3, 0.4) is 0 Å². The molecule has 1 aromatic rings. The fourth-order valence-electron chi connectivity index (χ4n) is 1.27. The van der Waals surface area contributed by atoms with Gasteiger partial charge in [-0.25, -0.2) is 0 Å². The maximum absolute atomic E-state index is 9.56. The van der Waals surface area contributed by atoms with E-state index in [9.17, 15) is 5.11 Å². The van der Waals surface area contributed by atoms with E-state index in [1.54, 1.807) is 24.3 Å². The van der Waals surface area contributed by atoms with Crippen LogP contribution >= 0.6 is 0 Å². The van der Waals surface area contributed by atoms with Crippen molar-refractivity contribution in [3.63, 3.8) is 0 Å². The Morgan fingerprint density at radius 2 is 1.81 bits per heavy atom. The zero-order valence-electron chi connectivity index (χ0n) is 9.34. The normalized spacial score (nSPS) is 14.5. The van der Waals surface area contributed by atoms with Gasteiger partial charge in [-0.2, -0.15) is 0 Å². The van der Waals surface area contributed by atoms with Crippen molar-refractivity contribution < 1.29 is 20.1 Å². The van der Waals surface area contributed by atoms with E-state index in [4.69, 9.17) is 14.9 Å². The number of aliphatic hydroxyl groups excluding tert-OH is 3. The smallest absolute Gasteiger partial charge is 0.119 e. The topological polar surface area (TPSA) is 69.9 Å². The fourth-order valence-corrected chi connectivity index (χ4v) is 1.27. The minimum absolute atomic E-state index is 0.0617. The van der Waals surface area contributed by atoms with Gasteiger partial charge in [-0.1, -0.05) is 19.1 Å². The number of ether oxygens (including phenoxy) is 1. The Balaban J connectivity index is 2.51. The summed E-state index contributed by atoms with van der Waals surface area (Å²) in [6, 6.07) is 7.04. The maximum atomic E-state index is 9.56. The van der Waals surface area contributed by atoms with E-state index in [-0.39, 0.29) is 13.2 Å². The van der Waals surface area contributed by atoms with E-state index in [1.807, 2.05) is 6.92 Å². The summed E-state index contributed by atoms with van der Waals surface area (Å²) in [6.07, 6.45) is -0.637. The summed E-state index contributed by atoms with van der Waals surface area (Å²) < 4.78 is 5.24. The molecule has 0 fully saturated rings. The highest BCUT2D eigenvalue weighted by molar-refractivity contribution is 5.28. The molecule has 0 aliphatic heterocycles. The van der Waals surface area contributed by atoms with Gasteiger partial charge in [0, 0.05) is 0 Å². The van der Waals surface area contributed by atoms with Crippen LogP contribution in [0.15, 0.2) is 24.3 Å². The van der Waals surface area contributed by atoms with Gasteiger partial charge in [-0.15, -0.1) is 0 Å². The molecular weight excluding hydrogens is 208 g/mol. The average molecular weight is 226 g/mol. The number of hydrogen-bond donors (Lipinski definition) is 3. The van der Waals surface area contributed by atoms with Crippen molar-refractivity contribution in [3.05, 3.63) is 29.8 Å². The summed E-state index contributed by atoms with van der Waals surface area (Å²) in [5.74, 6) is 0.611. The molecule has 1 unspecified atom stereocenters. The summed E-state index contributed by atoms with van der Waals surface area (Å²) in [7, 11) is 0. The minimum atomic E-state index is -0.860. The molecule has 0 aromatic heterocycles. The second-order valence-corrected chi connectivity index (χ2v) is 3.64. The van der Waals surface area contributed by atoms with Gasteiger partial charge in [-0.3, -0.25) is 0 Å². The quantitative estimate of drug-likeness (QED) is 0.673. The molecule has 4 heteroatoms. The first kappa shape index (κ1) is 13.0. The first-order valence-electron chi connectivity index (χ1n) is 5.37. The van der Waals surface area contributed by atoms with Gasteiger partial charge in [0.2, 0.25) is 0 Å². The van der Waals surface area contributed by atoms with E-state index in [0.717, 1.165) is 5.56 Å². The predicted molar refractivity (Wildman–Crippen MR) is 60.3 cm³/mol. The third kappa shape index (κ3) is 3.81. The lowest BCUT2D eigenvalue weighted by Crippen LogP contribution is -2.21. The van der Waals surface area contributed by atoms with E-state index in [0.29, 0.717) is 12.2 Å². The molecule has 1 rings (SSSR count). The van der Waals surface area contributed by atoms with Crippen LogP contribution in [-0.4, -0.2) is 34.6 Å². The second kappa shape index (κ2) is 6.48. The van der Waals surface area contributed by atoms with Crippen molar-refractivity contribution in [1.29, 1.82) is 0 Å². The molecule has 4 nitrogen and oxygen atoms in total. The van der Waals surface area contributed by atoms with Crippen molar-refractivity contribution in [3.8, 4) is 5.75 Å². The van der Waals surface area contributed by atoms with Crippen LogP contribution in [0.1, 0.15) is 25.0 Å². The predicted octanol–water partition coefficient (Wildman–Crippen LogP) is 0.862. The van der Waals surface area contributed by atoms with Crippen LogP contribution < -0.4 is 4.74 Å². The highest BCUT2D eigenvalue weighted by Gasteiger charge is 2.06. The van der Waals surface area contributed by atoms with Crippen LogP contribution in [0.4, 0.5) is 0 Å². The van der Waals surface area contributed by atoms with Crippen molar-refractivity contribution >= 4 is 0 Å². The first-order valence-corrected chi connectivity index (χ1v) is 5.37. The fraction of sp³-hybridized carbons (Fsp3) is 0.500. The Bertz CT molecular complexity index is 296. The van der Waals surface area contributed by atoms with Crippen LogP contribution in [0, 0.1) is 0 Å². The second-order valence-electron chi connectivity index (χ2n) is 3.64. The molecule has 90 valence electrons. The van der Waals surface area contributed by atoms with Crippen LogP contribution in [0.2, 0.25) is 0 Å². The highest BCUT2D eigenvalue weighted by atomic mass is 16.5. The molecule has 0 aliphatic carbocycles. The number of rotatable bonds is 6. The van der Waals surface area contributed by atoms with Crippen molar-refractivity contribution in [2.45, 2.75) is 25.6 Å². The van der Waals surface area contributed by atoms with Gasteiger partial charge in [0.25, 0.3) is 0 Å². The number of benzene rings is 1. The average Bonchev–Trinajstić information content (AvgIpc) is 2.35. The minimum Gasteiger partial charge on any atom is -0.491 e. The van der Waals surface area contributed by atoms with Crippen molar-refractivity contribution in [2.75, 3.05) is 13.2 Å². The van der Waals surface area contributed by atoms with Crippen LogP contribution in [0.5, 0.6) is 5.75 Å². The summed E-state index contributed by atoms with van der Waals surface area (Å²) in [4.78, 5) is 0. The monoisotopic (exact) mass is 226 g/mol. The molecule has 0 saturated carbocycles. The summed E-state index contributed by atoms with van der Waals surface area (Å²) in [5.41, 5.74) is 0.845. The third-order valence-electron chi connectivity index (χ3n) is 2.30. The molecule has 0 heterocycles. The molecule has 1 aromatic carbocycles. The molecule has 0 spiro atoms. The summed E-state index contributed by atoms with van der Waals surface area (Å²) in [5, 5.41) is 27.2. The number of hydrogen-bond acceptors (Lipinski definition) is 4. The zero-order chi connectivity index (χ0) is 12.0. The molecule has 0 radical (unpaired) electrons. The lowest BCUT2D eigenvalue weighted by atomic mass is 10.1. The van der Waals surface area contributed by atoms with Gasteiger partial charge in [0.1, 0.15) is 18.5 Å². The molecule has 3 N–H and O–H groups in total. The number of aliphatic hydroxyl groups is 3.